The van der Waals surface area contributed by atoms with E-state index in [0.717, 1.165) is 5.01 Å². The third-order valence-electron chi connectivity index (χ3n) is 4.16. The molecular weight excluding hydrogens is 456 g/mol. The van der Waals surface area contributed by atoms with E-state index < -0.39 is 14.9 Å². The largest absolute Gasteiger partial charge is 0.508 e. The molecule has 27 heavy (non-hydrogen) atoms. The molecule has 1 fully saturated rings. The van der Waals surface area contributed by atoms with Crippen molar-refractivity contribution >= 4 is 43.6 Å². The van der Waals surface area contributed by atoms with Gasteiger partial charge in [0.15, 0.2) is 0 Å². The molecule has 2 N–H and O–H groups in total. The number of nitrogens with one attached hydrogen (secondary N) is 1. The molecule has 3 rings (SSSR count). The predicted octanol–water partition coefficient (Wildman–Crippen LogP) is 2.80. The summed E-state index contributed by atoms with van der Waals surface area (Å²) in [4.78, 5) is 13.7. The van der Waals surface area contributed by atoms with Gasteiger partial charge in [-0.05, 0) is 42.8 Å². The van der Waals surface area contributed by atoms with Crippen molar-refractivity contribution in [2.45, 2.75) is 16.7 Å². The molecule has 0 aromatic heterocycles. The number of sulfonamides is 1. The predicted molar refractivity (Wildman–Crippen MR) is 106 cm³/mol. The Morgan fingerprint density at radius 1 is 1.30 bits per heavy atom. The molecule has 144 valence electrons. The lowest BCUT2D eigenvalue weighted by atomic mass is 10.1. The number of hydrogen-bond acceptors (Lipinski definition) is 6. The van der Waals surface area contributed by atoms with Crippen LogP contribution >= 0.6 is 27.7 Å². The Morgan fingerprint density at radius 2 is 2.04 bits per heavy atom. The molecule has 1 aliphatic heterocycles. The highest BCUT2D eigenvalue weighted by Gasteiger charge is 2.46. The number of methoxy groups -OCH3 is 1. The Bertz CT molecular complexity index is 999. The molecule has 1 aliphatic rings. The summed E-state index contributed by atoms with van der Waals surface area (Å²) in [5, 5.41) is 10.9. The van der Waals surface area contributed by atoms with Gasteiger partial charge in [-0.2, -0.15) is 0 Å². The molecule has 1 saturated heterocycles. The van der Waals surface area contributed by atoms with Gasteiger partial charge < -0.3 is 9.84 Å². The van der Waals surface area contributed by atoms with Crippen molar-refractivity contribution in [1.29, 1.82) is 0 Å². The summed E-state index contributed by atoms with van der Waals surface area (Å²) in [6.07, 6.45) is 0. The fraction of sp³-hybridized carbons (Fsp3) is 0.235. The summed E-state index contributed by atoms with van der Waals surface area (Å²) in [6.45, 7) is 1.72. The van der Waals surface area contributed by atoms with Crippen molar-refractivity contribution in [3.8, 4) is 11.5 Å². The first-order chi connectivity index (χ1) is 12.7. The van der Waals surface area contributed by atoms with Crippen molar-refractivity contribution < 1.29 is 23.1 Å². The van der Waals surface area contributed by atoms with Crippen LogP contribution in [0.2, 0.25) is 0 Å². The summed E-state index contributed by atoms with van der Waals surface area (Å²) >= 11 is 4.52. The van der Waals surface area contributed by atoms with Crippen molar-refractivity contribution in [2.24, 2.45) is 0 Å². The number of halogens is 1. The number of rotatable bonds is 5. The number of thioether (sulfide) groups is 1. The highest BCUT2D eigenvalue weighted by atomic mass is 79.9. The lowest BCUT2D eigenvalue weighted by molar-refractivity contribution is -0.131. The molecule has 10 heteroatoms. The van der Waals surface area contributed by atoms with E-state index in [9.17, 15) is 18.3 Å². The molecule has 1 unspecified atom stereocenters. The van der Waals surface area contributed by atoms with Gasteiger partial charge in [0.25, 0.3) is 10.0 Å². The van der Waals surface area contributed by atoms with Gasteiger partial charge in [-0.15, -0.1) is 16.6 Å². The number of phenols is 1. The van der Waals surface area contributed by atoms with E-state index in [2.05, 4.69) is 20.8 Å². The first-order valence-corrected chi connectivity index (χ1v) is 11.1. The van der Waals surface area contributed by atoms with Crippen molar-refractivity contribution in [2.75, 3.05) is 12.9 Å². The van der Waals surface area contributed by atoms with Crippen LogP contribution in [0.3, 0.4) is 0 Å². The van der Waals surface area contributed by atoms with Crippen molar-refractivity contribution in [1.82, 2.24) is 9.84 Å². The zero-order chi connectivity index (χ0) is 19.8. The molecule has 0 bridgehead atoms. The van der Waals surface area contributed by atoms with Crippen LogP contribution in [0.15, 0.2) is 51.8 Å². The van der Waals surface area contributed by atoms with E-state index in [1.807, 2.05) is 0 Å². The molecule has 2 aromatic carbocycles. The first kappa shape index (κ1) is 20.0. The molecule has 0 spiro atoms. The highest BCUT2D eigenvalue weighted by molar-refractivity contribution is 9.10. The number of amides is 1. The lowest BCUT2D eigenvalue weighted by Crippen LogP contribution is -2.51. The molecule has 2 aromatic rings. The maximum Gasteiger partial charge on any atom is 0.261 e. The average Bonchev–Trinajstić information content (AvgIpc) is 2.91. The molecule has 0 saturated carbocycles. The topological polar surface area (TPSA) is 95.9 Å². The smallest absolute Gasteiger partial charge is 0.261 e. The highest BCUT2D eigenvalue weighted by Crippen LogP contribution is 2.45. The van der Waals surface area contributed by atoms with E-state index in [1.54, 1.807) is 25.1 Å². The van der Waals surface area contributed by atoms with Crippen LogP contribution in [0.4, 0.5) is 0 Å². The Labute approximate surface area is 169 Å². The number of benzene rings is 2. The van der Waals surface area contributed by atoms with Crippen LogP contribution in [0.25, 0.3) is 0 Å². The minimum Gasteiger partial charge on any atom is -0.508 e. The SMILES string of the molecule is COc1ccc(Br)cc1S(=O)(=O)NN1C(=O)CSC1(C)c1cccc(O)c1. The van der Waals surface area contributed by atoms with E-state index >= 15 is 0 Å². The molecule has 7 nitrogen and oxygen atoms in total. The van der Waals surface area contributed by atoms with Crippen LogP contribution in [-0.2, 0) is 19.7 Å². The Kier molecular flexibility index (Phi) is 5.44. The Balaban J connectivity index is 2.02. The van der Waals surface area contributed by atoms with Gasteiger partial charge in [-0.25, -0.2) is 13.4 Å². The Morgan fingerprint density at radius 3 is 2.70 bits per heavy atom. The summed E-state index contributed by atoms with van der Waals surface area (Å²) in [6, 6.07) is 11.0. The number of carbonyl (C=O) groups is 1. The average molecular weight is 473 g/mol. The van der Waals surface area contributed by atoms with Crippen LogP contribution in [0.1, 0.15) is 12.5 Å². The molecule has 1 amide bonds. The minimum absolute atomic E-state index is 0.0325. The fourth-order valence-electron chi connectivity index (χ4n) is 2.74. The molecule has 1 heterocycles. The second-order valence-electron chi connectivity index (χ2n) is 5.94. The normalized spacial score (nSPS) is 20.1. The standard InChI is InChI=1S/C17H17BrN2O5S2/c1-17(11-4-3-5-13(21)8-11)20(16(22)10-26-17)19-27(23,24)15-9-12(18)6-7-14(15)25-2/h3-9,19,21H,10H2,1-2H3. The first-order valence-electron chi connectivity index (χ1n) is 7.80. The zero-order valence-electron chi connectivity index (χ0n) is 14.5. The van der Waals surface area contributed by atoms with Crippen LogP contribution < -0.4 is 9.57 Å². The number of carbonyl (C=O) groups excluding carboxylic acids is 1. The van der Waals surface area contributed by atoms with Gasteiger partial charge in [0.05, 0.1) is 12.9 Å². The van der Waals surface area contributed by atoms with E-state index in [-0.39, 0.29) is 28.1 Å². The fourth-order valence-corrected chi connectivity index (χ4v) is 5.74. The summed E-state index contributed by atoms with van der Waals surface area (Å²) in [7, 11) is -2.74. The molecule has 0 aliphatic carbocycles. The summed E-state index contributed by atoms with van der Waals surface area (Å²) in [5.74, 6) is -0.0952. The van der Waals surface area contributed by atoms with Gasteiger partial charge in [0.2, 0.25) is 5.91 Å². The van der Waals surface area contributed by atoms with Crippen molar-refractivity contribution in [3.05, 3.63) is 52.5 Å². The molecule has 0 radical (unpaired) electrons. The minimum atomic E-state index is -4.11. The second kappa shape index (κ2) is 7.34. The quantitative estimate of drug-likeness (QED) is 0.694. The van der Waals surface area contributed by atoms with Gasteiger partial charge in [0, 0.05) is 4.47 Å². The number of phenolic OH excluding ortho intramolecular Hbond substituents is 1. The monoisotopic (exact) mass is 472 g/mol. The number of hydrazine groups is 1. The van der Waals surface area contributed by atoms with E-state index in [1.165, 1.54) is 43.1 Å². The van der Waals surface area contributed by atoms with Gasteiger partial charge in [-0.1, -0.05) is 28.1 Å². The number of hydrogen-bond donors (Lipinski definition) is 2. The maximum absolute atomic E-state index is 13.0. The van der Waals surface area contributed by atoms with Crippen LogP contribution in [0.5, 0.6) is 11.5 Å². The number of nitrogens with zero attached hydrogens (tertiary/aromatic N) is 1. The molecular formula is C17H17BrN2O5S2. The maximum atomic E-state index is 13.0. The van der Waals surface area contributed by atoms with E-state index in [4.69, 9.17) is 4.74 Å². The lowest BCUT2D eigenvalue weighted by Gasteiger charge is -2.34. The number of ether oxygens (including phenoxy) is 1. The Hall–Kier alpha value is -1.75. The third kappa shape index (κ3) is 3.79. The second-order valence-corrected chi connectivity index (χ2v) is 9.86. The van der Waals surface area contributed by atoms with Gasteiger partial charge >= 0.3 is 0 Å². The zero-order valence-corrected chi connectivity index (χ0v) is 17.7. The van der Waals surface area contributed by atoms with Gasteiger partial charge in [-0.3, -0.25) is 4.79 Å². The van der Waals surface area contributed by atoms with Crippen LogP contribution in [0, 0.1) is 0 Å². The summed E-state index contributed by atoms with van der Waals surface area (Å²) in [5.41, 5.74) is 0.599. The molecule has 1 atom stereocenters. The third-order valence-corrected chi connectivity index (χ3v) is 7.35. The summed E-state index contributed by atoms with van der Waals surface area (Å²) < 4.78 is 31.7. The van der Waals surface area contributed by atoms with Crippen LogP contribution in [-0.4, -0.2) is 37.3 Å². The number of aromatic hydroxyl groups is 1. The van der Waals surface area contributed by atoms with Crippen molar-refractivity contribution in [3.63, 3.8) is 0 Å². The van der Waals surface area contributed by atoms with Gasteiger partial charge in [0.1, 0.15) is 21.3 Å². The van der Waals surface area contributed by atoms with E-state index in [0.29, 0.717) is 10.0 Å².